The van der Waals surface area contributed by atoms with E-state index in [1.165, 1.54) is 18.2 Å². The molecule has 36 heavy (non-hydrogen) atoms. The van der Waals surface area contributed by atoms with Crippen LogP contribution >= 0.6 is 0 Å². The van der Waals surface area contributed by atoms with Gasteiger partial charge in [-0.3, -0.25) is 4.55 Å². The molecule has 12 heteroatoms. The molecule has 0 bridgehead atoms. The molecule has 0 aliphatic heterocycles. The Morgan fingerprint density at radius 1 is 0.556 bits per heavy atom. The van der Waals surface area contributed by atoms with Crippen LogP contribution in [0.4, 0.5) is 17.6 Å². The summed E-state index contributed by atoms with van der Waals surface area (Å²) in [7, 11) is -11.0. The quantitative estimate of drug-likeness (QED) is 0.149. The fourth-order valence-corrected chi connectivity index (χ4v) is 5.53. The molecule has 0 aliphatic carbocycles. The second-order valence-electron chi connectivity index (χ2n) is 7.34. The van der Waals surface area contributed by atoms with Crippen molar-refractivity contribution in [1.29, 1.82) is 0 Å². The molecule has 0 unspecified atom stereocenters. The molecular formula is C24H14F4O6S2. The highest BCUT2D eigenvalue weighted by Gasteiger charge is 2.36. The molecule has 0 amide bonds. The van der Waals surface area contributed by atoms with Crippen molar-refractivity contribution < 1.29 is 43.1 Å². The number of benzene rings is 4. The lowest BCUT2D eigenvalue weighted by molar-refractivity contribution is 0.365. The molecule has 0 spiro atoms. The number of halogens is 4. The maximum Gasteiger partial charge on any atom is 0.340 e. The summed E-state index contributed by atoms with van der Waals surface area (Å²) >= 11 is 0. The van der Waals surface area contributed by atoms with Gasteiger partial charge in [-0.25, -0.2) is 8.78 Å². The van der Waals surface area contributed by atoms with Crippen molar-refractivity contribution in [2.24, 2.45) is 0 Å². The van der Waals surface area contributed by atoms with E-state index in [0.717, 1.165) is 0 Å². The summed E-state index contributed by atoms with van der Waals surface area (Å²) in [6, 6.07) is 20.3. The first-order chi connectivity index (χ1) is 16.9. The fourth-order valence-electron chi connectivity index (χ4n) is 3.54. The van der Waals surface area contributed by atoms with Crippen molar-refractivity contribution in [2.75, 3.05) is 0 Å². The maximum atomic E-state index is 14.6. The Bertz CT molecular complexity index is 1590. The van der Waals surface area contributed by atoms with Crippen molar-refractivity contribution in [3.63, 3.8) is 0 Å². The van der Waals surface area contributed by atoms with Gasteiger partial charge in [-0.15, -0.1) is 0 Å². The van der Waals surface area contributed by atoms with Gasteiger partial charge < -0.3 is 4.18 Å². The van der Waals surface area contributed by atoms with Gasteiger partial charge in [0.1, 0.15) is 4.90 Å². The van der Waals surface area contributed by atoms with Crippen LogP contribution in [0.1, 0.15) is 0 Å². The minimum Gasteiger partial charge on any atom is -0.372 e. The highest BCUT2D eigenvalue weighted by Crippen LogP contribution is 2.39. The van der Waals surface area contributed by atoms with Crippen LogP contribution in [0.3, 0.4) is 0 Å². The summed E-state index contributed by atoms with van der Waals surface area (Å²) in [6.45, 7) is 0. The lowest BCUT2D eigenvalue weighted by atomic mass is 9.99. The van der Waals surface area contributed by atoms with E-state index in [1.54, 1.807) is 60.7 Å². The Labute approximate surface area is 203 Å². The second kappa shape index (κ2) is 9.37. The molecule has 0 fully saturated rings. The largest absolute Gasteiger partial charge is 0.372 e. The van der Waals surface area contributed by atoms with Gasteiger partial charge in [0, 0.05) is 11.1 Å². The predicted octanol–water partition coefficient (Wildman–Crippen LogP) is 5.59. The molecule has 0 aliphatic rings. The molecule has 6 nitrogen and oxygen atoms in total. The van der Waals surface area contributed by atoms with Gasteiger partial charge in [-0.05, 0) is 11.1 Å². The van der Waals surface area contributed by atoms with E-state index in [-0.39, 0.29) is 11.1 Å². The lowest BCUT2D eigenvalue weighted by Gasteiger charge is -2.17. The van der Waals surface area contributed by atoms with Crippen LogP contribution in [0.2, 0.25) is 0 Å². The number of hydrogen-bond donors (Lipinski definition) is 1. The van der Waals surface area contributed by atoms with E-state index in [0.29, 0.717) is 11.1 Å². The van der Waals surface area contributed by atoms with Crippen molar-refractivity contribution in [1.82, 2.24) is 0 Å². The van der Waals surface area contributed by atoms with Gasteiger partial charge in [0.15, 0.2) is 16.5 Å². The molecule has 4 aromatic carbocycles. The third-order valence-electron chi connectivity index (χ3n) is 5.07. The van der Waals surface area contributed by atoms with Crippen LogP contribution in [-0.2, 0) is 20.2 Å². The topological polar surface area (TPSA) is 97.7 Å². The lowest BCUT2D eigenvalue weighted by Crippen LogP contribution is -2.17. The minimum atomic E-state index is -5.74. The van der Waals surface area contributed by atoms with Gasteiger partial charge in [-0.2, -0.15) is 25.6 Å². The maximum absolute atomic E-state index is 14.6. The Kier molecular flexibility index (Phi) is 6.60. The Morgan fingerprint density at radius 2 is 0.972 bits per heavy atom. The molecule has 0 atom stereocenters. The standard InChI is InChI=1S/C24H14F4O6S2/c25-18-20(27)24(35(29,30)31)21(28)19(26)22(18)34-36(32,33)23-16(14-8-3-1-4-9-14)12-7-13-17(23)15-10-5-2-6-11-15/h1-13H,(H,29,30,31). The summed E-state index contributed by atoms with van der Waals surface area (Å²) in [5.41, 5.74) is 0.844. The first kappa shape index (κ1) is 25.4. The highest BCUT2D eigenvalue weighted by atomic mass is 32.2. The number of hydrogen-bond acceptors (Lipinski definition) is 5. The summed E-state index contributed by atoms with van der Waals surface area (Å²) in [4.78, 5) is -2.89. The molecular weight excluding hydrogens is 524 g/mol. The molecule has 0 radical (unpaired) electrons. The summed E-state index contributed by atoms with van der Waals surface area (Å²) in [5.74, 6) is -12.1. The van der Waals surface area contributed by atoms with Crippen LogP contribution in [0.25, 0.3) is 22.3 Å². The van der Waals surface area contributed by atoms with Crippen LogP contribution < -0.4 is 4.18 Å². The smallest absolute Gasteiger partial charge is 0.340 e. The molecule has 0 saturated carbocycles. The summed E-state index contributed by atoms with van der Waals surface area (Å²) in [6.07, 6.45) is 0. The van der Waals surface area contributed by atoms with Crippen LogP contribution in [0.15, 0.2) is 88.7 Å². The molecule has 186 valence electrons. The zero-order valence-corrected chi connectivity index (χ0v) is 19.5. The van der Waals surface area contributed by atoms with E-state index >= 15 is 0 Å². The molecule has 1 N–H and O–H groups in total. The zero-order valence-electron chi connectivity index (χ0n) is 17.8. The molecule has 0 aromatic heterocycles. The molecule has 4 aromatic rings. The van der Waals surface area contributed by atoms with E-state index in [4.69, 9.17) is 4.55 Å². The van der Waals surface area contributed by atoms with Crippen LogP contribution in [0.5, 0.6) is 5.75 Å². The minimum absolute atomic E-state index is 0.0493. The highest BCUT2D eigenvalue weighted by molar-refractivity contribution is 7.87. The summed E-state index contributed by atoms with van der Waals surface area (Å²) < 4.78 is 120. The van der Waals surface area contributed by atoms with Gasteiger partial charge >= 0.3 is 20.2 Å². The first-order valence-electron chi connectivity index (χ1n) is 9.95. The molecule has 0 saturated heterocycles. The molecule has 4 rings (SSSR count). The Hall–Kier alpha value is -3.74. The van der Waals surface area contributed by atoms with Crippen molar-refractivity contribution >= 4 is 20.2 Å². The number of rotatable bonds is 6. The van der Waals surface area contributed by atoms with Gasteiger partial charge in [0.2, 0.25) is 17.4 Å². The monoisotopic (exact) mass is 538 g/mol. The van der Waals surface area contributed by atoms with Gasteiger partial charge in [-0.1, -0.05) is 78.9 Å². The first-order valence-corrected chi connectivity index (χ1v) is 12.8. The van der Waals surface area contributed by atoms with Crippen molar-refractivity contribution in [3.8, 4) is 28.0 Å². The van der Waals surface area contributed by atoms with E-state index in [2.05, 4.69) is 4.18 Å². The molecule has 0 heterocycles. The second-order valence-corrected chi connectivity index (χ2v) is 10.2. The average Bonchev–Trinajstić information content (AvgIpc) is 2.85. The van der Waals surface area contributed by atoms with Gasteiger partial charge in [0.05, 0.1) is 0 Å². The summed E-state index contributed by atoms with van der Waals surface area (Å²) in [5, 5.41) is 0. The Morgan fingerprint density at radius 3 is 1.36 bits per heavy atom. The van der Waals surface area contributed by atoms with Gasteiger partial charge in [0.25, 0.3) is 0 Å². The van der Waals surface area contributed by atoms with E-state index in [9.17, 15) is 34.4 Å². The predicted molar refractivity (Wildman–Crippen MR) is 121 cm³/mol. The van der Waals surface area contributed by atoms with Crippen molar-refractivity contribution in [3.05, 3.63) is 102 Å². The van der Waals surface area contributed by atoms with Crippen LogP contribution in [0, 0.1) is 23.3 Å². The van der Waals surface area contributed by atoms with E-state index < -0.39 is 59.0 Å². The normalized spacial score (nSPS) is 11.9. The fraction of sp³-hybridized carbons (Fsp3) is 0. The average molecular weight is 538 g/mol. The van der Waals surface area contributed by atoms with E-state index in [1.807, 2.05) is 0 Å². The third-order valence-corrected chi connectivity index (χ3v) is 7.27. The zero-order chi connectivity index (χ0) is 26.3. The van der Waals surface area contributed by atoms with Crippen LogP contribution in [-0.4, -0.2) is 21.4 Å². The van der Waals surface area contributed by atoms with Crippen molar-refractivity contribution in [2.45, 2.75) is 9.79 Å². The third kappa shape index (κ3) is 4.57. The SMILES string of the molecule is O=S(=O)(O)c1c(F)c(F)c(OS(=O)(=O)c2c(-c3ccccc3)cccc2-c2ccccc2)c(F)c1F. The Balaban J connectivity index is 1.99.